The summed E-state index contributed by atoms with van der Waals surface area (Å²) in [4.78, 5) is 0. The normalized spacial score (nSPS) is 16.7. The lowest BCUT2D eigenvalue weighted by molar-refractivity contribution is 0.219. The van der Waals surface area contributed by atoms with Gasteiger partial charge in [0.1, 0.15) is 6.23 Å². The number of rotatable bonds is 1. The number of aliphatic hydroxyl groups is 1. The van der Waals surface area contributed by atoms with Crippen molar-refractivity contribution in [2.75, 3.05) is 0 Å². The van der Waals surface area contributed by atoms with E-state index in [2.05, 4.69) is 0 Å². The Labute approximate surface area is 42.6 Å². The fraction of sp³-hybridized carbons (Fsp3) is 0.500. The van der Waals surface area contributed by atoms with Crippen LogP contribution in [0.15, 0.2) is 11.8 Å². The zero-order valence-electron chi connectivity index (χ0n) is 4.26. The maximum Gasteiger partial charge on any atom is 0.125 e. The van der Waals surface area contributed by atoms with Gasteiger partial charge >= 0.3 is 0 Å². The average Bonchev–Trinajstić information content (AvgIpc) is 1.65. The summed E-state index contributed by atoms with van der Waals surface area (Å²) in [5.41, 5.74) is 10.5. The second kappa shape index (κ2) is 2.60. The van der Waals surface area contributed by atoms with Crippen LogP contribution in [0.1, 0.15) is 6.92 Å². The van der Waals surface area contributed by atoms with Gasteiger partial charge in [-0.3, -0.25) is 0 Å². The second-order valence-corrected chi connectivity index (χ2v) is 1.36. The summed E-state index contributed by atoms with van der Waals surface area (Å²) in [5.74, 6) is 0. The molecule has 0 aliphatic carbocycles. The summed E-state index contributed by atoms with van der Waals surface area (Å²) in [7, 11) is 0. The van der Waals surface area contributed by atoms with Crippen molar-refractivity contribution in [3.05, 3.63) is 11.8 Å². The second-order valence-electron chi connectivity index (χ2n) is 1.36. The van der Waals surface area contributed by atoms with Gasteiger partial charge in [-0.1, -0.05) is 0 Å². The van der Waals surface area contributed by atoms with Gasteiger partial charge in [-0.15, -0.1) is 0 Å². The van der Waals surface area contributed by atoms with Crippen molar-refractivity contribution in [1.29, 1.82) is 0 Å². The quantitative estimate of drug-likeness (QED) is 0.377. The molecule has 0 aliphatic rings. The van der Waals surface area contributed by atoms with E-state index in [0.29, 0.717) is 5.57 Å². The number of nitrogens with two attached hydrogens (primary N) is 2. The van der Waals surface area contributed by atoms with Crippen LogP contribution >= 0.6 is 0 Å². The highest BCUT2D eigenvalue weighted by Crippen LogP contribution is 1.88. The third kappa shape index (κ3) is 2.19. The number of hydrogen-bond acceptors (Lipinski definition) is 3. The Morgan fingerprint density at radius 3 is 2.29 bits per heavy atom. The molecule has 0 spiro atoms. The molecule has 0 bridgehead atoms. The molecule has 5 N–H and O–H groups in total. The van der Waals surface area contributed by atoms with Crippen molar-refractivity contribution in [1.82, 2.24) is 0 Å². The molecule has 42 valence electrons. The molecule has 7 heavy (non-hydrogen) atoms. The van der Waals surface area contributed by atoms with E-state index in [1.165, 1.54) is 6.20 Å². The highest BCUT2D eigenvalue weighted by molar-refractivity contribution is 4.98. The summed E-state index contributed by atoms with van der Waals surface area (Å²) in [6, 6.07) is 0. The molecule has 0 aromatic rings. The van der Waals surface area contributed by atoms with E-state index in [1.807, 2.05) is 0 Å². The van der Waals surface area contributed by atoms with Crippen LogP contribution in [0.4, 0.5) is 0 Å². The molecule has 1 unspecified atom stereocenters. The first-order chi connectivity index (χ1) is 3.18. The van der Waals surface area contributed by atoms with Crippen LogP contribution < -0.4 is 11.5 Å². The van der Waals surface area contributed by atoms with Gasteiger partial charge in [0.15, 0.2) is 0 Å². The van der Waals surface area contributed by atoms with Crippen LogP contribution in [0.2, 0.25) is 0 Å². The van der Waals surface area contributed by atoms with Crippen LogP contribution in [0.25, 0.3) is 0 Å². The molecule has 3 nitrogen and oxygen atoms in total. The van der Waals surface area contributed by atoms with Gasteiger partial charge in [0.05, 0.1) is 0 Å². The van der Waals surface area contributed by atoms with E-state index in [-0.39, 0.29) is 0 Å². The Balaban J connectivity index is 3.56. The van der Waals surface area contributed by atoms with Gasteiger partial charge < -0.3 is 16.6 Å². The number of hydrogen-bond donors (Lipinski definition) is 3. The minimum Gasteiger partial charge on any atom is -0.405 e. The predicted octanol–water partition coefficient (Wildman–Crippen LogP) is -0.874. The van der Waals surface area contributed by atoms with Gasteiger partial charge in [0.2, 0.25) is 0 Å². The third-order valence-corrected chi connectivity index (χ3v) is 0.729. The van der Waals surface area contributed by atoms with Crippen molar-refractivity contribution in [2.24, 2.45) is 11.5 Å². The zero-order chi connectivity index (χ0) is 5.86. The smallest absolute Gasteiger partial charge is 0.125 e. The van der Waals surface area contributed by atoms with Gasteiger partial charge in [0.25, 0.3) is 0 Å². The van der Waals surface area contributed by atoms with Crippen LogP contribution in [-0.2, 0) is 0 Å². The van der Waals surface area contributed by atoms with E-state index in [9.17, 15) is 0 Å². The van der Waals surface area contributed by atoms with Crippen molar-refractivity contribution >= 4 is 0 Å². The molecule has 0 heterocycles. The van der Waals surface area contributed by atoms with Crippen molar-refractivity contribution in [3.63, 3.8) is 0 Å². The highest BCUT2D eigenvalue weighted by atomic mass is 16.3. The Kier molecular flexibility index (Phi) is 2.40. The Morgan fingerprint density at radius 2 is 2.29 bits per heavy atom. The summed E-state index contributed by atoms with van der Waals surface area (Å²) >= 11 is 0. The maximum atomic E-state index is 8.45. The number of aliphatic hydroxyl groups excluding tert-OH is 1. The molecule has 0 aromatic heterocycles. The largest absolute Gasteiger partial charge is 0.405 e. The lowest BCUT2D eigenvalue weighted by atomic mass is 10.3. The zero-order valence-corrected chi connectivity index (χ0v) is 4.26. The standard InChI is InChI=1S/C4H10N2O/c1-3(2-5)4(6)7/h2,4,7H,5-6H2,1H3/b3-2-. The van der Waals surface area contributed by atoms with E-state index < -0.39 is 6.23 Å². The van der Waals surface area contributed by atoms with E-state index >= 15 is 0 Å². The Morgan fingerprint density at radius 1 is 1.86 bits per heavy atom. The summed E-state index contributed by atoms with van der Waals surface area (Å²) in [6.07, 6.45) is 0.384. The predicted molar refractivity (Wildman–Crippen MR) is 28.1 cm³/mol. The van der Waals surface area contributed by atoms with E-state index in [1.54, 1.807) is 6.92 Å². The molecule has 0 rings (SSSR count). The topological polar surface area (TPSA) is 72.3 Å². The fourth-order valence-corrected chi connectivity index (χ4v) is 0.0986. The van der Waals surface area contributed by atoms with Gasteiger partial charge in [-0.2, -0.15) is 0 Å². The molecule has 0 aliphatic heterocycles. The Hall–Kier alpha value is -0.540. The fourth-order valence-electron chi connectivity index (χ4n) is 0.0986. The first kappa shape index (κ1) is 6.46. The van der Waals surface area contributed by atoms with Crippen LogP contribution in [0.5, 0.6) is 0 Å². The van der Waals surface area contributed by atoms with E-state index in [0.717, 1.165) is 0 Å². The van der Waals surface area contributed by atoms with Crippen LogP contribution in [0.3, 0.4) is 0 Å². The van der Waals surface area contributed by atoms with Crippen LogP contribution in [0, 0.1) is 0 Å². The lowest BCUT2D eigenvalue weighted by Crippen LogP contribution is -2.20. The summed E-state index contributed by atoms with van der Waals surface area (Å²) < 4.78 is 0. The van der Waals surface area contributed by atoms with Crippen molar-refractivity contribution in [2.45, 2.75) is 13.2 Å². The van der Waals surface area contributed by atoms with Crippen LogP contribution in [-0.4, -0.2) is 11.3 Å². The molecule has 0 fully saturated rings. The minimum atomic E-state index is -0.898. The average molecular weight is 102 g/mol. The molecular weight excluding hydrogens is 92.1 g/mol. The van der Waals surface area contributed by atoms with Gasteiger partial charge in [-0.25, -0.2) is 0 Å². The first-order valence-corrected chi connectivity index (χ1v) is 2.00. The summed E-state index contributed by atoms with van der Waals surface area (Å²) in [6.45, 7) is 1.66. The molecule has 0 saturated carbocycles. The SMILES string of the molecule is C/C(=C/N)C(N)O. The van der Waals surface area contributed by atoms with Crippen molar-refractivity contribution < 1.29 is 5.11 Å². The monoisotopic (exact) mass is 102 g/mol. The highest BCUT2D eigenvalue weighted by Gasteiger charge is 1.93. The molecular formula is C4H10N2O. The van der Waals surface area contributed by atoms with Gasteiger partial charge in [0, 0.05) is 0 Å². The van der Waals surface area contributed by atoms with Crippen molar-refractivity contribution in [3.8, 4) is 0 Å². The third-order valence-electron chi connectivity index (χ3n) is 0.729. The van der Waals surface area contributed by atoms with E-state index in [4.69, 9.17) is 16.6 Å². The minimum absolute atomic E-state index is 0.583. The molecule has 0 saturated heterocycles. The molecule has 0 radical (unpaired) electrons. The van der Waals surface area contributed by atoms with Gasteiger partial charge in [-0.05, 0) is 18.7 Å². The molecule has 1 atom stereocenters. The maximum absolute atomic E-state index is 8.45. The Bertz CT molecular complexity index is 77.8. The molecule has 0 amide bonds. The molecule has 0 aromatic carbocycles. The lowest BCUT2D eigenvalue weighted by Gasteiger charge is -1.99. The molecule has 3 heteroatoms. The summed E-state index contributed by atoms with van der Waals surface area (Å²) in [5, 5.41) is 8.45. The first-order valence-electron chi connectivity index (χ1n) is 2.00.